The van der Waals surface area contributed by atoms with E-state index in [1.54, 1.807) is 31.3 Å². The van der Waals surface area contributed by atoms with Crippen LogP contribution in [0.2, 0.25) is 0 Å². The van der Waals surface area contributed by atoms with Crippen LogP contribution in [0, 0.1) is 6.92 Å². The van der Waals surface area contributed by atoms with E-state index in [9.17, 15) is 8.42 Å². The van der Waals surface area contributed by atoms with Crippen molar-refractivity contribution in [3.8, 4) is 0 Å². The summed E-state index contributed by atoms with van der Waals surface area (Å²) in [6.45, 7) is 2.36. The number of hydrogen-bond acceptors (Lipinski definition) is 3. The lowest BCUT2D eigenvalue weighted by molar-refractivity contribution is 0.466. The number of nitrogen functional groups attached to an aromatic ring is 1. The highest BCUT2D eigenvalue weighted by Gasteiger charge is 2.18. The molecule has 2 aromatic rings. The number of nitrogens with two attached hydrogens (primary N) is 1. The quantitative estimate of drug-likeness (QED) is 0.863. The summed E-state index contributed by atoms with van der Waals surface area (Å²) in [5.74, 6) is -0.0413. The minimum atomic E-state index is -3.36. The molecule has 112 valence electrons. The van der Waals surface area contributed by atoms with Crippen LogP contribution in [0.5, 0.6) is 0 Å². The molecule has 4 nitrogen and oxygen atoms in total. The van der Waals surface area contributed by atoms with Gasteiger partial charge in [-0.3, -0.25) is 0 Å². The first kappa shape index (κ1) is 15.5. The summed E-state index contributed by atoms with van der Waals surface area (Å²) in [4.78, 5) is 0. The molecule has 5 heteroatoms. The third kappa shape index (κ3) is 4.31. The third-order valence-electron chi connectivity index (χ3n) is 3.26. The van der Waals surface area contributed by atoms with Gasteiger partial charge < -0.3 is 5.73 Å². The molecule has 0 aliphatic rings. The van der Waals surface area contributed by atoms with E-state index in [1.807, 2.05) is 31.2 Å². The molecular weight excluding hydrogens is 284 g/mol. The molecular formula is C16H20N2O2S. The molecule has 0 saturated heterocycles. The molecule has 0 atom stereocenters. The number of benzene rings is 2. The molecule has 21 heavy (non-hydrogen) atoms. The number of anilines is 1. The predicted octanol–water partition coefficient (Wildman–Crippen LogP) is 2.54. The second-order valence-electron chi connectivity index (χ2n) is 5.25. The Morgan fingerprint density at radius 3 is 2.38 bits per heavy atom. The fourth-order valence-corrected chi connectivity index (χ4v) is 3.34. The van der Waals surface area contributed by atoms with Gasteiger partial charge in [0.25, 0.3) is 0 Å². The fraction of sp³-hybridized carbons (Fsp3) is 0.250. The molecule has 2 N–H and O–H groups in total. The first-order valence-electron chi connectivity index (χ1n) is 6.71. The molecule has 0 amide bonds. The largest absolute Gasteiger partial charge is 0.399 e. The zero-order valence-electron chi connectivity index (χ0n) is 12.3. The van der Waals surface area contributed by atoms with E-state index >= 15 is 0 Å². The Kier molecular flexibility index (Phi) is 4.65. The van der Waals surface area contributed by atoms with E-state index in [1.165, 1.54) is 4.31 Å². The summed E-state index contributed by atoms with van der Waals surface area (Å²) in [6.07, 6.45) is 0. The summed E-state index contributed by atoms with van der Waals surface area (Å²) in [7, 11) is -1.76. The van der Waals surface area contributed by atoms with E-state index in [0.717, 1.165) is 11.1 Å². The molecule has 0 fully saturated rings. The van der Waals surface area contributed by atoms with Crippen LogP contribution in [0.1, 0.15) is 16.7 Å². The highest BCUT2D eigenvalue weighted by molar-refractivity contribution is 7.88. The standard InChI is InChI=1S/C16H20N2O2S/c1-13-5-3-6-14(9-13)11-18(2)21(19,20)12-15-7-4-8-16(17)10-15/h3-10H,11-12,17H2,1-2H3. The van der Waals surface area contributed by atoms with Crippen LogP contribution in [0.15, 0.2) is 48.5 Å². The van der Waals surface area contributed by atoms with Gasteiger partial charge in [-0.25, -0.2) is 12.7 Å². The zero-order chi connectivity index (χ0) is 15.5. The lowest BCUT2D eigenvalue weighted by atomic mass is 10.1. The minimum Gasteiger partial charge on any atom is -0.399 e. The van der Waals surface area contributed by atoms with Gasteiger partial charge in [-0.05, 0) is 30.2 Å². The smallest absolute Gasteiger partial charge is 0.218 e. The highest BCUT2D eigenvalue weighted by Crippen LogP contribution is 2.15. The predicted molar refractivity (Wildman–Crippen MR) is 86.1 cm³/mol. The van der Waals surface area contributed by atoms with Gasteiger partial charge in [0.05, 0.1) is 5.75 Å². The molecule has 0 radical (unpaired) electrons. The summed E-state index contributed by atoms with van der Waals surface area (Å²) >= 11 is 0. The Morgan fingerprint density at radius 1 is 1.05 bits per heavy atom. The molecule has 0 heterocycles. The van der Waals surface area contributed by atoms with Crippen molar-refractivity contribution in [3.05, 3.63) is 65.2 Å². The van der Waals surface area contributed by atoms with Gasteiger partial charge >= 0.3 is 0 Å². The highest BCUT2D eigenvalue weighted by atomic mass is 32.2. The molecule has 0 saturated carbocycles. The summed E-state index contributed by atoms with van der Waals surface area (Å²) in [5.41, 5.74) is 9.06. The first-order valence-corrected chi connectivity index (χ1v) is 8.32. The van der Waals surface area contributed by atoms with Gasteiger partial charge in [0, 0.05) is 19.3 Å². The summed E-state index contributed by atoms with van der Waals surface area (Å²) in [6, 6.07) is 14.8. The number of nitrogens with zero attached hydrogens (tertiary/aromatic N) is 1. The van der Waals surface area contributed by atoms with Crippen LogP contribution in [0.3, 0.4) is 0 Å². The van der Waals surface area contributed by atoms with Crippen LogP contribution in [-0.4, -0.2) is 19.8 Å². The lowest BCUT2D eigenvalue weighted by Crippen LogP contribution is -2.27. The fourth-order valence-electron chi connectivity index (χ4n) is 2.17. The average Bonchev–Trinajstić information content (AvgIpc) is 2.38. The van der Waals surface area contributed by atoms with Gasteiger partial charge in [-0.15, -0.1) is 0 Å². The van der Waals surface area contributed by atoms with Crippen LogP contribution in [-0.2, 0) is 22.3 Å². The van der Waals surface area contributed by atoms with E-state index < -0.39 is 10.0 Å². The van der Waals surface area contributed by atoms with Gasteiger partial charge in [-0.2, -0.15) is 0 Å². The summed E-state index contributed by atoms with van der Waals surface area (Å²) < 4.78 is 26.2. The lowest BCUT2D eigenvalue weighted by Gasteiger charge is -2.17. The topological polar surface area (TPSA) is 63.4 Å². The van der Waals surface area contributed by atoms with E-state index in [4.69, 9.17) is 5.73 Å². The Labute approximate surface area is 126 Å². The number of sulfonamides is 1. The molecule has 0 spiro atoms. The van der Waals surface area contributed by atoms with Gasteiger partial charge in [0.1, 0.15) is 0 Å². The van der Waals surface area contributed by atoms with Gasteiger partial charge in [-0.1, -0.05) is 42.0 Å². The number of rotatable bonds is 5. The zero-order valence-corrected chi connectivity index (χ0v) is 13.1. The Bertz CT molecular complexity index is 727. The second kappa shape index (κ2) is 6.28. The van der Waals surface area contributed by atoms with Crippen molar-refractivity contribution in [1.29, 1.82) is 0 Å². The molecule has 0 aliphatic carbocycles. The monoisotopic (exact) mass is 304 g/mol. The van der Waals surface area contributed by atoms with Crippen LogP contribution < -0.4 is 5.73 Å². The first-order chi connectivity index (χ1) is 9.87. The third-order valence-corrected chi connectivity index (χ3v) is 5.04. The molecule has 0 aromatic heterocycles. The van der Waals surface area contributed by atoms with Gasteiger partial charge in [0.2, 0.25) is 10.0 Å². The number of hydrogen-bond donors (Lipinski definition) is 1. The van der Waals surface area contributed by atoms with Crippen molar-refractivity contribution in [3.63, 3.8) is 0 Å². The molecule has 2 aromatic carbocycles. The van der Waals surface area contributed by atoms with Crippen LogP contribution >= 0.6 is 0 Å². The van der Waals surface area contributed by atoms with Crippen molar-refractivity contribution >= 4 is 15.7 Å². The van der Waals surface area contributed by atoms with Crippen molar-refractivity contribution < 1.29 is 8.42 Å². The van der Waals surface area contributed by atoms with Crippen LogP contribution in [0.25, 0.3) is 0 Å². The molecule has 0 bridgehead atoms. The minimum absolute atomic E-state index is 0.0413. The summed E-state index contributed by atoms with van der Waals surface area (Å²) in [5, 5.41) is 0. The van der Waals surface area contributed by atoms with Crippen molar-refractivity contribution in [2.75, 3.05) is 12.8 Å². The maximum absolute atomic E-state index is 12.4. The molecule has 0 aliphatic heterocycles. The second-order valence-corrected chi connectivity index (χ2v) is 7.32. The molecule has 0 unspecified atom stereocenters. The maximum atomic E-state index is 12.4. The maximum Gasteiger partial charge on any atom is 0.218 e. The molecule has 2 rings (SSSR count). The van der Waals surface area contributed by atoms with Gasteiger partial charge in [0.15, 0.2) is 0 Å². The Balaban J connectivity index is 2.12. The number of aryl methyl sites for hydroxylation is 1. The normalized spacial score (nSPS) is 11.8. The van der Waals surface area contributed by atoms with Crippen molar-refractivity contribution in [2.45, 2.75) is 19.2 Å². The van der Waals surface area contributed by atoms with E-state index in [0.29, 0.717) is 17.8 Å². The van der Waals surface area contributed by atoms with E-state index in [-0.39, 0.29) is 5.75 Å². The van der Waals surface area contributed by atoms with E-state index in [2.05, 4.69) is 0 Å². The Hall–Kier alpha value is -1.85. The SMILES string of the molecule is Cc1cccc(CN(C)S(=O)(=O)Cc2cccc(N)c2)c1. The van der Waals surface area contributed by atoms with Crippen molar-refractivity contribution in [1.82, 2.24) is 4.31 Å². The van der Waals surface area contributed by atoms with Crippen molar-refractivity contribution in [2.24, 2.45) is 0 Å². The average molecular weight is 304 g/mol. The van der Waals surface area contributed by atoms with Crippen LogP contribution in [0.4, 0.5) is 5.69 Å². The Morgan fingerprint density at radius 2 is 1.71 bits per heavy atom.